The highest BCUT2D eigenvalue weighted by atomic mass is 127. The van der Waals surface area contributed by atoms with Crippen LogP contribution in [-0.4, -0.2) is 34.1 Å². The number of rotatable bonds is 6. The Morgan fingerprint density at radius 1 is 1.24 bits per heavy atom. The number of thioether (sulfide) groups is 2. The van der Waals surface area contributed by atoms with Crippen molar-refractivity contribution in [3.8, 4) is 0 Å². The first kappa shape index (κ1) is 18.0. The Morgan fingerprint density at radius 2 is 1.95 bits per heavy atom. The van der Waals surface area contributed by atoms with Crippen LogP contribution in [0.15, 0.2) is 24.3 Å². The maximum absolute atomic E-state index is 3.80. The molecule has 0 bridgehead atoms. The van der Waals surface area contributed by atoms with Gasteiger partial charge in [0.25, 0.3) is 0 Å². The highest BCUT2D eigenvalue weighted by Crippen LogP contribution is 2.37. The van der Waals surface area contributed by atoms with E-state index >= 15 is 0 Å². The van der Waals surface area contributed by atoms with E-state index in [2.05, 4.69) is 96.5 Å². The van der Waals surface area contributed by atoms with Gasteiger partial charge in [-0.3, -0.25) is 0 Å². The molecule has 1 N–H and O–H groups in total. The molecule has 0 aliphatic carbocycles. The lowest BCUT2D eigenvalue weighted by Crippen LogP contribution is -2.45. The van der Waals surface area contributed by atoms with Gasteiger partial charge in [-0.05, 0) is 59.7 Å². The fourth-order valence-corrected chi connectivity index (χ4v) is 6.05. The molecular formula is C17H26INS2. The van der Waals surface area contributed by atoms with Crippen molar-refractivity contribution >= 4 is 46.1 Å². The maximum atomic E-state index is 3.80. The average Bonchev–Trinajstić information content (AvgIpc) is 2.48. The van der Waals surface area contributed by atoms with Crippen molar-refractivity contribution in [2.75, 3.05) is 12.3 Å². The highest BCUT2D eigenvalue weighted by molar-refractivity contribution is 14.1. The highest BCUT2D eigenvalue weighted by Gasteiger charge is 2.31. The molecule has 1 aliphatic heterocycles. The second-order valence-corrected chi connectivity index (χ2v) is 10.1. The number of benzene rings is 1. The van der Waals surface area contributed by atoms with E-state index in [0.717, 1.165) is 28.7 Å². The lowest BCUT2D eigenvalue weighted by atomic mass is 10.0. The molecular weight excluding hydrogens is 409 g/mol. The summed E-state index contributed by atoms with van der Waals surface area (Å²) in [6, 6.07) is 9.61. The second kappa shape index (κ2) is 9.04. The van der Waals surface area contributed by atoms with Crippen molar-refractivity contribution in [1.82, 2.24) is 5.32 Å². The van der Waals surface area contributed by atoms with Gasteiger partial charge < -0.3 is 5.32 Å². The van der Waals surface area contributed by atoms with Crippen LogP contribution in [0.4, 0.5) is 0 Å². The standard InChI is InChI=1S/C17H26INS2/c1-4-9-19-16(10-14-5-7-15(18)8-6-14)17-11-20-12(2)13(3)21-17/h5-8,12-13,16-17,19H,4,9-11H2,1-3H3. The summed E-state index contributed by atoms with van der Waals surface area (Å²) in [7, 11) is 0. The fraction of sp³-hybridized carbons (Fsp3) is 0.647. The summed E-state index contributed by atoms with van der Waals surface area (Å²) >= 11 is 6.72. The quantitative estimate of drug-likeness (QED) is 0.643. The zero-order valence-electron chi connectivity index (χ0n) is 13.1. The number of nitrogens with one attached hydrogen (secondary N) is 1. The minimum absolute atomic E-state index is 0.595. The summed E-state index contributed by atoms with van der Waals surface area (Å²) in [6.07, 6.45) is 2.36. The van der Waals surface area contributed by atoms with Crippen molar-refractivity contribution in [2.24, 2.45) is 0 Å². The first-order valence-electron chi connectivity index (χ1n) is 7.85. The summed E-state index contributed by atoms with van der Waals surface area (Å²) in [5.74, 6) is 1.28. The maximum Gasteiger partial charge on any atom is 0.0298 e. The van der Waals surface area contributed by atoms with Crippen molar-refractivity contribution < 1.29 is 0 Å². The van der Waals surface area contributed by atoms with E-state index in [9.17, 15) is 0 Å². The molecule has 4 atom stereocenters. The third-order valence-electron chi connectivity index (χ3n) is 4.05. The predicted octanol–water partition coefficient (Wildman–Crippen LogP) is 4.83. The SMILES string of the molecule is CCCNC(Cc1ccc(I)cc1)C1CSC(C)C(C)S1. The van der Waals surface area contributed by atoms with Gasteiger partial charge in [-0.25, -0.2) is 0 Å². The van der Waals surface area contributed by atoms with Crippen LogP contribution in [0.5, 0.6) is 0 Å². The third-order valence-corrected chi connectivity index (χ3v) is 8.32. The van der Waals surface area contributed by atoms with Gasteiger partial charge in [0, 0.05) is 31.1 Å². The molecule has 118 valence electrons. The van der Waals surface area contributed by atoms with E-state index in [0.29, 0.717) is 6.04 Å². The Labute approximate surface area is 151 Å². The summed E-state index contributed by atoms with van der Waals surface area (Å²) in [5.41, 5.74) is 1.46. The fourth-order valence-electron chi connectivity index (χ4n) is 2.56. The van der Waals surface area contributed by atoms with Gasteiger partial charge in [-0.15, -0.1) is 0 Å². The van der Waals surface area contributed by atoms with Crippen LogP contribution >= 0.6 is 46.1 Å². The third kappa shape index (κ3) is 5.63. The molecule has 1 aromatic carbocycles. The molecule has 1 saturated heterocycles. The Balaban J connectivity index is 2.01. The number of halogens is 1. The molecule has 21 heavy (non-hydrogen) atoms. The first-order valence-corrected chi connectivity index (χ1v) is 10.9. The monoisotopic (exact) mass is 435 g/mol. The molecule has 4 heteroatoms. The summed E-state index contributed by atoms with van der Waals surface area (Å²) in [5, 5.41) is 6.08. The lowest BCUT2D eigenvalue weighted by molar-refractivity contribution is 0.504. The van der Waals surface area contributed by atoms with Gasteiger partial charge in [0.05, 0.1) is 0 Å². The van der Waals surface area contributed by atoms with E-state index in [1.165, 1.54) is 21.3 Å². The van der Waals surface area contributed by atoms with Gasteiger partial charge in [-0.2, -0.15) is 23.5 Å². The van der Waals surface area contributed by atoms with Gasteiger partial charge in [0.2, 0.25) is 0 Å². The Kier molecular flexibility index (Phi) is 7.73. The van der Waals surface area contributed by atoms with Crippen molar-refractivity contribution in [2.45, 2.75) is 55.4 Å². The minimum atomic E-state index is 0.595. The molecule has 2 rings (SSSR count). The van der Waals surface area contributed by atoms with E-state index in [-0.39, 0.29) is 0 Å². The van der Waals surface area contributed by atoms with E-state index in [1.54, 1.807) is 0 Å². The molecule has 0 amide bonds. The van der Waals surface area contributed by atoms with E-state index in [4.69, 9.17) is 0 Å². The summed E-state index contributed by atoms with van der Waals surface area (Å²) in [6.45, 7) is 8.13. The normalized spacial score (nSPS) is 27.5. The van der Waals surface area contributed by atoms with Crippen LogP contribution in [-0.2, 0) is 6.42 Å². The Hall–Kier alpha value is 0.610. The number of hydrogen-bond donors (Lipinski definition) is 1. The van der Waals surface area contributed by atoms with Crippen molar-refractivity contribution in [3.05, 3.63) is 33.4 Å². The smallest absolute Gasteiger partial charge is 0.0298 e. The largest absolute Gasteiger partial charge is 0.313 e. The Morgan fingerprint density at radius 3 is 2.57 bits per heavy atom. The second-order valence-electron chi connectivity index (χ2n) is 5.81. The topological polar surface area (TPSA) is 12.0 Å². The number of hydrogen-bond acceptors (Lipinski definition) is 3. The Bertz CT molecular complexity index is 423. The van der Waals surface area contributed by atoms with Crippen LogP contribution in [0.2, 0.25) is 0 Å². The molecule has 0 saturated carbocycles. The van der Waals surface area contributed by atoms with Crippen molar-refractivity contribution in [3.63, 3.8) is 0 Å². The predicted molar refractivity (Wildman–Crippen MR) is 108 cm³/mol. The molecule has 1 aromatic rings. The van der Waals surface area contributed by atoms with Gasteiger partial charge in [0.15, 0.2) is 0 Å². The molecule has 1 fully saturated rings. The average molecular weight is 435 g/mol. The molecule has 1 aliphatic rings. The summed E-state index contributed by atoms with van der Waals surface area (Å²) < 4.78 is 1.32. The van der Waals surface area contributed by atoms with Crippen LogP contribution < -0.4 is 5.32 Å². The molecule has 4 unspecified atom stereocenters. The zero-order valence-corrected chi connectivity index (χ0v) is 16.9. The summed E-state index contributed by atoms with van der Waals surface area (Å²) in [4.78, 5) is 0. The first-order chi connectivity index (χ1) is 10.1. The molecule has 1 heterocycles. The van der Waals surface area contributed by atoms with Gasteiger partial charge in [-0.1, -0.05) is 32.9 Å². The van der Waals surface area contributed by atoms with Gasteiger partial charge in [0.1, 0.15) is 0 Å². The zero-order chi connectivity index (χ0) is 15.2. The van der Waals surface area contributed by atoms with Crippen molar-refractivity contribution in [1.29, 1.82) is 0 Å². The lowest BCUT2D eigenvalue weighted by Gasteiger charge is -2.36. The van der Waals surface area contributed by atoms with Gasteiger partial charge >= 0.3 is 0 Å². The molecule has 0 spiro atoms. The van der Waals surface area contributed by atoms with Crippen LogP contribution in [0.1, 0.15) is 32.8 Å². The molecule has 0 aromatic heterocycles. The van der Waals surface area contributed by atoms with E-state index < -0.39 is 0 Å². The minimum Gasteiger partial charge on any atom is -0.313 e. The molecule has 0 radical (unpaired) electrons. The molecule has 1 nitrogen and oxygen atoms in total. The van der Waals surface area contributed by atoms with Crippen LogP contribution in [0.3, 0.4) is 0 Å². The van der Waals surface area contributed by atoms with E-state index in [1.807, 2.05) is 0 Å². The van der Waals surface area contributed by atoms with Crippen LogP contribution in [0.25, 0.3) is 0 Å². The van der Waals surface area contributed by atoms with Crippen LogP contribution in [0, 0.1) is 3.57 Å².